The van der Waals surface area contributed by atoms with E-state index in [1.165, 1.54) is 22.9 Å². The Morgan fingerprint density at radius 2 is 1.93 bits per heavy atom. The van der Waals surface area contributed by atoms with Crippen LogP contribution < -0.4 is 15.2 Å². The molecule has 4 rings (SSSR count). The van der Waals surface area contributed by atoms with Gasteiger partial charge in [0.05, 0.1) is 32.3 Å². The van der Waals surface area contributed by atoms with Crippen LogP contribution in [0.15, 0.2) is 23.3 Å². The highest BCUT2D eigenvalue weighted by atomic mass is 19.1. The van der Waals surface area contributed by atoms with Crippen LogP contribution in [-0.4, -0.2) is 42.3 Å². The van der Waals surface area contributed by atoms with Gasteiger partial charge >= 0.3 is 0 Å². The van der Waals surface area contributed by atoms with Crippen LogP contribution in [0, 0.1) is 24.0 Å². The molecule has 3 heterocycles. The van der Waals surface area contributed by atoms with E-state index < -0.39 is 17.6 Å². The van der Waals surface area contributed by atoms with Gasteiger partial charge in [0.2, 0.25) is 5.91 Å². The maximum Gasteiger partial charge on any atom is 0.277 e. The van der Waals surface area contributed by atoms with Crippen molar-refractivity contribution < 1.29 is 23.0 Å². The van der Waals surface area contributed by atoms with Crippen molar-refractivity contribution in [2.45, 2.75) is 32.7 Å². The lowest BCUT2D eigenvalue weighted by Crippen LogP contribution is -2.46. The third-order valence-corrected chi connectivity index (χ3v) is 5.74. The quantitative estimate of drug-likeness (QED) is 0.744. The van der Waals surface area contributed by atoms with Crippen LogP contribution in [0.2, 0.25) is 0 Å². The Hall–Kier alpha value is -2.81. The number of hydrogen-bond acceptors (Lipinski definition) is 5. The molecule has 9 heteroatoms. The number of carbonyl (C=O) groups is 1. The van der Waals surface area contributed by atoms with Crippen molar-refractivity contribution in [1.82, 2.24) is 9.55 Å². The normalized spacial score (nSPS) is 20.4. The number of hydrogen-bond donors (Lipinski definition) is 0. The summed E-state index contributed by atoms with van der Waals surface area (Å²) in [6.07, 6.45) is 1.37. The van der Waals surface area contributed by atoms with E-state index >= 15 is 0 Å². The van der Waals surface area contributed by atoms with Gasteiger partial charge in [0.15, 0.2) is 0 Å². The van der Waals surface area contributed by atoms with E-state index in [1.54, 1.807) is 6.92 Å². The van der Waals surface area contributed by atoms with Gasteiger partial charge in [0.1, 0.15) is 23.1 Å². The van der Waals surface area contributed by atoms with Crippen molar-refractivity contribution in [3.8, 4) is 5.75 Å². The molecular formula is C21H23F2N3O4. The van der Waals surface area contributed by atoms with Gasteiger partial charge in [-0.25, -0.2) is 13.8 Å². The first-order chi connectivity index (χ1) is 14.2. The van der Waals surface area contributed by atoms with E-state index in [4.69, 9.17) is 9.47 Å². The molecule has 2 fully saturated rings. The van der Waals surface area contributed by atoms with Crippen LogP contribution >= 0.6 is 0 Å². The molecule has 2 aliphatic heterocycles. The smallest absolute Gasteiger partial charge is 0.277 e. The minimum absolute atomic E-state index is 0.00115. The number of methoxy groups -OCH3 is 1. The van der Waals surface area contributed by atoms with E-state index in [9.17, 15) is 18.4 Å². The molecule has 0 saturated carbocycles. The number of halogens is 2. The minimum Gasteiger partial charge on any atom is -0.497 e. The zero-order valence-corrected chi connectivity index (χ0v) is 17.1. The van der Waals surface area contributed by atoms with Gasteiger partial charge in [-0.05, 0) is 6.92 Å². The second kappa shape index (κ2) is 7.46. The Morgan fingerprint density at radius 3 is 2.50 bits per heavy atom. The van der Waals surface area contributed by atoms with Crippen molar-refractivity contribution in [2.24, 2.45) is 5.41 Å². The first-order valence-corrected chi connectivity index (χ1v) is 9.69. The van der Waals surface area contributed by atoms with Crippen molar-refractivity contribution in [2.75, 3.05) is 31.8 Å². The van der Waals surface area contributed by atoms with Gasteiger partial charge in [-0.15, -0.1) is 0 Å². The molecule has 30 heavy (non-hydrogen) atoms. The second-order valence-electron chi connectivity index (χ2n) is 8.33. The Balaban J connectivity index is 1.66. The highest BCUT2D eigenvalue weighted by Crippen LogP contribution is 2.36. The molecule has 0 bridgehead atoms. The number of ether oxygens (including phenoxy) is 2. The number of aryl methyl sites for hydroxylation is 1. The predicted molar refractivity (Wildman–Crippen MR) is 105 cm³/mol. The average molecular weight is 419 g/mol. The van der Waals surface area contributed by atoms with E-state index in [2.05, 4.69) is 4.98 Å². The fraction of sp³-hybridized carbons (Fsp3) is 0.476. The summed E-state index contributed by atoms with van der Waals surface area (Å²) < 4.78 is 40.6. The Labute approximate surface area is 172 Å². The van der Waals surface area contributed by atoms with Gasteiger partial charge in [-0.3, -0.25) is 14.2 Å². The molecular weight excluding hydrogens is 396 g/mol. The first kappa shape index (κ1) is 20.5. The van der Waals surface area contributed by atoms with Crippen molar-refractivity contribution >= 4 is 11.6 Å². The predicted octanol–water partition coefficient (Wildman–Crippen LogP) is 2.40. The standard InChI is InChI=1S/C21H23F2N3O4/c1-12-19(20(28)25(11-24-12)8-21(2)9-30-10-21)26-7-13(4-17(26)27)18-15(22)5-14(29-3)6-16(18)23/h5-6,11,13H,4,7-10H2,1-3H3. The summed E-state index contributed by atoms with van der Waals surface area (Å²) in [5, 5.41) is 0. The van der Waals surface area contributed by atoms with Gasteiger partial charge in [-0.1, -0.05) is 6.92 Å². The van der Waals surface area contributed by atoms with Crippen LogP contribution in [0.4, 0.5) is 14.5 Å². The number of benzene rings is 1. The van der Waals surface area contributed by atoms with Gasteiger partial charge in [-0.2, -0.15) is 0 Å². The Morgan fingerprint density at radius 1 is 1.27 bits per heavy atom. The summed E-state index contributed by atoms with van der Waals surface area (Å²) in [7, 11) is 1.32. The number of aromatic nitrogens is 2. The number of nitrogens with zero attached hydrogens (tertiary/aromatic N) is 3. The highest BCUT2D eigenvalue weighted by molar-refractivity contribution is 5.96. The Kier molecular flexibility index (Phi) is 5.09. The summed E-state index contributed by atoms with van der Waals surface area (Å²) >= 11 is 0. The van der Waals surface area contributed by atoms with Crippen LogP contribution in [0.5, 0.6) is 5.75 Å². The number of amides is 1. The minimum atomic E-state index is -0.773. The van der Waals surface area contributed by atoms with Crippen molar-refractivity contribution in [3.63, 3.8) is 0 Å². The van der Waals surface area contributed by atoms with Gasteiger partial charge in [0.25, 0.3) is 5.56 Å². The lowest BCUT2D eigenvalue weighted by atomic mass is 9.88. The third kappa shape index (κ3) is 3.47. The maximum atomic E-state index is 14.5. The molecule has 2 saturated heterocycles. The van der Waals surface area contributed by atoms with E-state index in [0.29, 0.717) is 25.5 Å². The molecule has 1 amide bonds. The molecule has 0 spiro atoms. The number of carbonyl (C=O) groups excluding carboxylic acids is 1. The Bertz CT molecular complexity index is 1040. The van der Waals surface area contributed by atoms with Crippen LogP contribution in [0.1, 0.15) is 30.5 Å². The second-order valence-corrected chi connectivity index (χ2v) is 8.33. The first-order valence-electron chi connectivity index (χ1n) is 9.69. The monoisotopic (exact) mass is 419 g/mol. The lowest BCUT2D eigenvalue weighted by molar-refractivity contribution is -0.117. The summed E-state index contributed by atoms with van der Waals surface area (Å²) in [5.41, 5.74) is -0.127. The number of anilines is 1. The molecule has 160 valence electrons. The number of rotatable bonds is 5. The zero-order chi connectivity index (χ0) is 21.6. The molecule has 0 N–H and O–H groups in total. The summed E-state index contributed by atoms with van der Waals surface area (Å²) in [4.78, 5) is 31.4. The molecule has 1 aromatic heterocycles. The van der Waals surface area contributed by atoms with Gasteiger partial charge < -0.3 is 14.4 Å². The maximum absolute atomic E-state index is 14.5. The average Bonchev–Trinajstić information content (AvgIpc) is 3.03. The summed E-state index contributed by atoms with van der Waals surface area (Å²) in [5.74, 6) is -2.56. The van der Waals surface area contributed by atoms with Crippen LogP contribution in [-0.2, 0) is 16.1 Å². The third-order valence-electron chi connectivity index (χ3n) is 5.74. The topological polar surface area (TPSA) is 73.7 Å². The molecule has 1 aromatic carbocycles. The molecule has 0 radical (unpaired) electrons. The van der Waals surface area contributed by atoms with Gasteiger partial charge in [0, 0.05) is 48.5 Å². The van der Waals surface area contributed by atoms with Crippen molar-refractivity contribution in [3.05, 3.63) is 51.7 Å². The molecule has 2 aromatic rings. The zero-order valence-electron chi connectivity index (χ0n) is 17.1. The largest absolute Gasteiger partial charge is 0.497 e. The van der Waals surface area contributed by atoms with E-state index in [1.807, 2.05) is 6.92 Å². The molecule has 7 nitrogen and oxygen atoms in total. The molecule has 1 atom stereocenters. The van der Waals surface area contributed by atoms with E-state index in [0.717, 1.165) is 12.1 Å². The van der Waals surface area contributed by atoms with Crippen LogP contribution in [0.25, 0.3) is 0 Å². The molecule has 0 aliphatic carbocycles. The van der Waals surface area contributed by atoms with Crippen molar-refractivity contribution in [1.29, 1.82) is 0 Å². The fourth-order valence-corrected chi connectivity index (χ4v) is 4.12. The SMILES string of the molecule is COc1cc(F)c(C2CC(=O)N(c3c(C)ncn(CC4(C)COC4)c3=O)C2)c(F)c1. The van der Waals surface area contributed by atoms with E-state index in [-0.39, 0.29) is 46.8 Å². The molecule has 1 unspecified atom stereocenters. The summed E-state index contributed by atoms with van der Waals surface area (Å²) in [6.45, 7) is 5.16. The summed E-state index contributed by atoms with van der Waals surface area (Å²) in [6, 6.07) is 2.19. The molecule has 2 aliphatic rings. The lowest BCUT2D eigenvalue weighted by Gasteiger charge is -2.38. The highest BCUT2D eigenvalue weighted by Gasteiger charge is 2.38. The fourth-order valence-electron chi connectivity index (χ4n) is 4.12. The van der Waals surface area contributed by atoms with Crippen LogP contribution in [0.3, 0.4) is 0 Å².